The minimum absolute atomic E-state index is 0.693. The molecular formula is C9H6BrClN2. The van der Waals surface area contributed by atoms with Crippen LogP contribution < -0.4 is 0 Å². The van der Waals surface area contributed by atoms with Crippen LogP contribution >= 0.6 is 27.5 Å². The average molecular weight is 258 g/mol. The van der Waals surface area contributed by atoms with Crippen molar-refractivity contribution in [2.75, 3.05) is 0 Å². The highest BCUT2D eigenvalue weighted by molar-refractivity contribution is 9.10. The van der Waals surface area contributed by atoms with Gasteiger partial charge in [-0.15, -0.1) is 0 Å². The second-order valence-electron chi connectivity index (χ2n) is 2.53. The molecule has 0 atom stereocenters. The van der Waals surface area contributed by atoms with Crippen LogP contribution in [0.2, 0.25) is 5.02 Å². The molecule has 1 aromatic heterocycles. The van der Waals surface area contributed by atoms with Gasteiger partial charge in [-0.05, 0) is 34.1 Å². The summed E-state index contributed by atoms with van der Waals surface area (Å²) in [5, 5.41) is 4.88. The van der Waals surface area contributed by atoms with E-state index in [0.29, 0.717) is 5.02 Å². The van der Waals surface area contributed by atoms with Gasteiger partial charge in [0.15, 0.2) is 0 Å². The maximum absolute atomic E-state index is 5.99. The van der Waals surface area contributed by atoms with Gasteiger partial charge in [0.25, 0.3) is 0 Å². The van der Waals surface area contributed by atoms with Gasteiger partial charge < -0.3 is 0 Å². The fraction of sp³-hybridized carbons (Fsp3) is 0. The van der Waals surface area contributed by atoms with Crippen molar-refractivity contribution < 1.29 is 0 Å². The van der Waals surface area contributed by atoms with E-state index in [-0.39, 0.29) is 0 Å². The fourth-order valence-electron chi connectivity index (χ4n) is 1.07. The summed E-state index contributed by atoms with van der Waals surface area (Å²) in [6.45, 7) is 0. The van der Waals surface area contributed by atoms with Gasteiger partial charge in [0.2, 0.25) is 0 Å². The first-order valence-corrected chi connectivity index (χ1v) is 4.90. The van der Waals surface area contributed by atoms with Crippen LogP contribution in [-0.4, -0.2) is 9.78 Å². The highest BCUT2D eigenvalue weighted by atomic mass is 79.9. The Bertz CT molecular complexity index is 425. The molecule has 1 heterocycles. The van der Waals surface area contributed by atoms with E-state index in [1.807, 2.05) is 36.5 Å². The van der Waals surface area contributed by atoms with Crippen LogP contribution in [0, 0.1) is 0 Å². The zero-order valence-corrected chi connectivity index (χ0v) is 8.96. The second-order valence-corrected chi connectivity index (χ2v) is 3.75. The summed E-state index contributed by atoms with van der Waals surface area (Å²) >= 11 is 9.27. The lowest BCUT2D eigenvalue weighted by atomic mass is 10.3. The number of benzene rings is 1. The molecule has 0 aliphatic heterocycles. The molecule has 0 N–H and O–H groups in total. The van der Waals surface area contributed by atoms with Crippen LogP contribution in [-0.2, 0) is 0 Å². The molecule has 0 amide bonds. The minimum Gasteiger partial charge on any atom is -0.238 e. The van der Waals surface area contributed by atoms with E-state index in [9.17, 15) is 0 Å². The Kier molecular flexibility index (Phi) is 2.38. The number of aromatic nitrogens is 2. The summed E-state index contributed by atoms with van der Waals surface area (Å²) in [4.78, 5) is 0. The number of hydrogen-bond donors (Lipinski definition) is 0. The second kappa shape index (κ2) is 3.52. The Morgan fingerprint density at radius 3 is 2.62 bits per heavy atom. The topological polar surface area (TPSA) is 17.8 Å². The zero-order chi connectivity index (χ0) is 9.26. The Morgan fingerprint density at radius 1 is 1.23 bits per heavy atom. The van der Waals surface area contributed by atoms with Gasteiger partial charge in [-0.2, -0.15) is 5.10 Å². The average Bonchev–Trinajstić information content (AvgIpc) is 2.53. The van der Waals surface area contributed by atoms with E-state index in [0.717, 1.165) is 10.3 Å². The molecule has 2 nitrogen and oxygen atoms in total. The van der Waals surface area contributed by atoms with Crippen molar-refractivity contribution in [3.63, 3.8) is 0 Å². The largest absolute Gasteiger partial charge is 0.238 e. The standard InChI is InChI=1S/C9H6BrClN2/c10-9-5-6-13(12-9)8-4-2-1-3-7(8)11/h1-6H. The van der Waals surface area contributed by atoms with E-state index in [1.165, 1.54) is 0 Å². The molecule has 0 unspecified atom stereocenters. The highest BCUT2D eigenvalue weighted by Crippen LogP contribution is 2.19. The molecule has 2 aromatic rings. The number of para-hydroxylation sites is 1. The number of halogens is 2. The lowest BCUT2D eigenvalue weighted by Crippen LogP contribution is -1.94. The van der Waals surface area contributed by atoms with E-state index in [4.69, 9.17) is 11.6 Å². The van der Waals surface area contributed by atoms with Gasteiger partial charge in [-0.1, -0.05) is 23.7 Å². The van der Waals surface area contributed by atoms with Gasteiger partial charge in [0.1, 0.15) is 4.60 Å². The Labute approximate surface area is 89.3 Å². The third-order valence-corrected chi connectivity index (χ3v) is 2.40. The molecule has 0 radical (unpaired) electrons. The molecule has 2 rings (SSSR count). The molecule has 0 aliphatic carbocycles. The predicted molar refractivity (Wildman–Crippen MR) is 56.3 cm³/mol. The first-order chi connectivity index (χ1) is 6.27. The zero-order valence-electron chi connectivity index (χ0n) is 6.61. The molecule has 0 aliphatic rings. The fourth-order valence-corrected chi connectivity index (χ4v) is 1.58. The lowest BCUT2D eigenvalue weighted by Gasteiger charge is -2.02. The number of hydrogen-bond acceptors (Lipinski definition) is 1. The van der Waals surface area contributed by atoms with Crippen molar-refractivity contribution in [2.24, 2.45) is 0 Å². The van der Waals surface area contributed by atoms with Crippen molar-refractivity contribution in [1.82, 2.24) is 9.78 Å². The highest BCUT2D eigenvalue weighted by Gasteiger charge is 2.01. The van der Waals surface area contributed by atoms with Crippen LogP contribution in [0.15, 0.2) is 41.1 Å². The van der Waals surface area contributed by atoms with E-state index < -0.39 is 0 Å². The SMILES string of the molecule is Clc1ccccc1-n1ccc(Br)n1. The third kappa shape index (κ3) is 1.76. The smallest absolute Gasteiger partial charge is 0.128 e. The van der Waals surface area contributed by atoms with Crippen LogP contribution in [0.4, 0.5) is 0 Å². The minimum atomic E-state index is 0.693. The number of nitrogens with zero attached hydrogens (tertiary/aromatic N) is 2. The van der Waals surface area contributed by atoms with Crippen LogP contribution in [0.25, 0.3) is 5.69 Å². The maximum atomic E-state index is 5.99. The monoisotopic (exact) mass is 256 g/mol. The van der Waals surface area contributed by atoms with Gasteiger partial charge >= 0.3 is 0 Å². The summed E-state index contributed by atoms with van der Waals surface area (Å²) in [5.74, 6) is 0. The summed E-state index contributed by atoms with van der Waals surface area (Å²) in [5.41, 5.74) is 0.884. The maximum Gasteiger partial charge on any atom is 0.128 e. The molecule has 0 saturated carbocycles. The molecule has 13 heavy (non-hydrogen) atoms. The quantitative estimate of drug-likeness (QED) is 0.766. The Hall–Kier alpha value is -0.800. The molecular weight excluding hydrogens is 251 g/mol. The molecule has 0 fully saturated rings. The summed E-state index contributed by atoms with van der Waals surface area (Å²) in [6.07, 6.45) is 1.85. The van der Waals surface area contributed by atoms with Crippen LogP contribution in [0.5, 0.6) is 0 Å². The van der Waals surface area contributed by atoms with Crippen molar-refractivity contribution in [3.05, 3.63) is 46.2 Å². The molecule has 0 spiro atoms. The Morgan fingerprint density at radius 2 is 2.00 bits per heavy atom. The van der Waals surface area contributed by atoms with E-state index >= 15 is 0 Å². The molecule has 0 bridgehead atoms. The van der Waals surface area contributed by atoms with Crippen molar-refractivity contribution in [2.45, 2.75) is 0 Å². The summed E-state index contributed by atoms with van der Waals surface area (Å²) in [7, 11) is 0. The summed E-state index contributed by atoms with van der Waals surface area (Å²) in [6, 6.07) is 9.44. The van der Waals surface area contributed by atoms with Crippen molar-refractivity contribution in [3.8, 4) is 5.69 Å². The molecule has 66 valence electrons. The molecule has 4 heteroatoms. The van der Waals surface area contributed by atoms with Crippen LogP contribution in [0.3, 0.4) is 0 Å². The van der Waals surface area contributed by atoms with Gasteiger partial charge in [-0.3, -0.25) is 0 Å². The first-order valence-electron chi connectivity index (χ1n) is 3.73. The summed E-state index contributed by atoms with van der Waals surface area (Å²) < 4.78 is 2.53. The van der Waals surface area contributed by atoms with Gasteiger partial charge in [0.05, 0.1) is 10.7 Å². The predicted octanol–water partition coefficient (Wildman–Crippen LogP) is 3.29. The lowest BCUT2D eigenvalue weighted by molar-refractivity contribution is 0.870. The van der Waals surface area contributed by atoms with Gasteiger partial charge in [-0.25, -0.2) is 4.68 Å². The molecule has 1 aromatic carbocycles. The van der Waals surface area contributed by atoms with E-state index in [1.54, 1.807) is 4.68 Å². The van der Waals surface area contributed by atoms with Crippen molar-refractivity contribution >= 4 is 27.5 Å². The third-order valence-electron chi connectivity index (χ3n) is 1.66. The first kappa shape index (κ1) is 8.78. The Balaban J connectivity index is 2.52. The van der Waals surface area contributed by atoms with Crippen molar-refractivity contribution in [1.29, 1.82) is 0 Å². The normalized spacial score (nSPS) is 10.3. The van der Waals surface area contributed by atoms with Crippen LogP contribution in [0.1, 0.15) is 0 Å². The van der Waals surface area contributed by atoms with E-state index in [2.05, 4.69) is 21.0 Å². The van der Waals surface area contributed by atoms with Gasteiger partial charge in [0, 0.05) is 6.20 Å². The molecule has 0 saturated heterocycles. The number of rotatable bonds is 1.